The van der Waals surface area contributed by atoms with E-state index in [1.54, 1.807) is 0 Å². The number of likely N-dealkylation sites (tertiary alicyclic amines) is 1. The second-order valence-corrected chi connectivity index (χ2v) is 8.90. The zero-order valence-corrected chi connectivity index (χ0v) is 20.2. The van der Waals surface area contributed by atoms with Crippen molar-refractivity contribution in [1.82, 2.24) is 4.90 Å². The standard InChI is InChI=1S/C24H29NO5.C2HF3O2/c26-23(27)8-11-25-12-9-24(10-13-25)18-30-22-16-20(6-7-21(22)24)29-15-14-28-17-19-4-2-1-3-5-19;3-2(4,5)1(6)7/h1-7,16H,8-15,17-18H2,(H,26,27);(H,6,7). The molecular weight excluding hydrogens is 495 g/mol. The lowest BCUT2D eigenvalue weighted by atomic mass is 9.74. The van der Waals surface area contributed by atoms with Gasteiger partial charge in [-0.2, -0.15) is 13.2 Å². The summed E-state index contributed by atoms with van der Waals surface area (Å²) in [7, 11) is 0. The second-order valence-electron chi connectivity index (χ2n) is 8.90. The Labute approximate surface area is 212 Å². The number of hydrogen-bond donors (Lipinski definition) is 2. The third kappa shape index (κ3) is 8.36. The number of carboxylic acids is 2. The van der Waals surface area contributed by atoms with Gasteiger partial charge in [0.2, 0.25) is 0 Å². The van der Waals surface area contributed by atoms with Crippen LogP contribution in [-0.4, -0.2) is 72.7 Å². The van der Waals surface area contributed by atoms with Crippen molar-refractivity contribution in [1.29, 1.82) is 0 Å². The van der Waals surface area contributed by atoms with Crippen molar-refractivity contribution in [3.05, 3.63) is 59.7 Å². The van der Waals surface area contributed by atoms with Crippen molar-refractivity contribution in [3.63, 3.8) is 0 Å². The lowest BCUT2D eigenvalue weighted by Gasteiger charge is -2.38. The van der Waals surface area contributed by atoms with Gasteiger partial charge in [0.05, 0.1) is 26.2 Å². The lowest BCUT2D eigenvalue weighted by Crippen LogP contribution is -2.44. The van der Waals surface area contributed by atoms with Crippen LogP contribution in [0.3, 0.4) is 0 Å². The number of benzene rings is 2. The summed E-state index contributed by atoms with van der Waals surface area (Å²) in [4.78, 5) is 21.9. The Kier molecular flexibility index (Phi) is 9.76. The molecule has 2 N–H and O–H groups in total. The molecule has 37 heavy (non-hydrogen) atoms. The van der Waals surface area contributed by atoms with Gasteiger partial charge < -0.3 is 29.3 Å². The minimum atomic E-state index is -5.08. The van der Waals surface area contributed by atoms with E-state index in [0.717, 1.165) is 43.0 Å². The molecular formula is C26H30F3NO7. The highest BCUT2D eigenvalue weighted by molar-refractivity contribution is 5.73. The quantitative estimate of drug-likeness (QED) is 0.471. The van der Waals surface area contributed by atoms with Crippen molar-refractivity contribution >= 4 is 11.9 Å². The average molecular weight is 526 g/mol. The lowest BCUT2D eigenvalue weighted by molar-refractivity contribution is -0.192. The van der Waals surface area contributed by atoms with Gasteiger partial charge in [-0.1, -0.05) is 36.4 Å². The van der Waals surface area contributed by atoms with Crippen molar-refractivity contribution in [3.8, 4) is 11.5 Å². The molecule has 0 atom stereocenters. The number of rotatable bonds is 9. The molecule has 1 spiro atoms. The van der Waals surface area contributed by atoms with E-state index in [0.29, 0.717) is 33.0 Å². The molecule has 2 aliphatic heterocycles. The SMILES string of the molecule is O=C(O)C(F)(F)F.O=C(O)CCN1CCC2(CC1)COc1cc(OCCOCc3ccccc3)ccc12. The van der Waals surface area contributed by atoms with E-state index < -0.39 is 18.1 Å². The molecule has 0 bridgehead atoms. The smallest absolute Gasteiger partial charge is 0.490 e. The number of carboxylic acid groups (broad SMARTS) is 2. The molecule has 0 unspecified atom stereocenters. The molecule has 2 aliphatic rings. The molecule has 4 rings (SSSR count). The molecule has 202 valence electrons. The van der Waals surface area contributed by atoms with Crippen molar-refractivity contribution in [2.24, 2.45) is 0 Å². The van der Waals surface area contributed by atoms with E-state index in [-0.39, 0.29) is 11.8 Å². The van der Waals surface area contributed by atoms with E-state index in [9.17, 15) is 18.0 Å². The van der Waals surface area contributed by atoms with Gasteiger partial charge >= 0.3 is 18.1 Å². The van der Waals surface area contributed by atoms with Gasteiger partial charge in [-0.15, -0.1) is 0 Å². The first kappa shape index (κ1) is 28.3. The predicted octanol–water partition coefficient (Wildman–Crippen LogP) is 4.12. The van der Waals surface area contributed by atoms with Gasteiger partial charge in [-0.25, -0.2) is 4.79 Å². The Bertz CT molecular complexity index is 1040. The predicted molar refractivity (Wildman–Crippen MR) is 127 cm³/mol. The van der Waals surface area contributed by atoms with Crippen LogP contribution in [0, 0.1) is 0 Å². The summed E-state index contributed by atoms with van der Waals surface area (Å²) in [5, 5.41) is 16.0. The maximum absolute atomic E-state index is 10.8. The Morgan fingerprint density at radius 1 is 1.03 bits per heavy atom. The summed E-state index contributed by atoms with van der Waals surface area (Å²) in [6.07, 6.45) is -2.89. The monoisotopic (exact) mass is 525 g/mol. The van der Waals surface area contributed by atoms with Crippen LogP contribution in [0.25, 0.3) is 0 Å². The molecule has 0 saturated carbocycles. The summed E-state index contributed by atoms with van der Waals surface area (Å²) >= 11 is 0. The summed E-state index contributed by atoms with van der Waals surface area (Å²) in [6, 6.07) is 16.2. The average Bonchev–Trinajstić information content (AvgIpc) is 3.21. The van der Waals surface area contributed by atoms with Gasteiger partial charge in [-0.3, -0.25) is 4.79 Å². The molecule has 0 aliphatic carbocycles. The highest BCUT2D eigenvalue weighted by Crippen LogP contribution is 2.46. The maximum Gasteiger partial charge on any atom is 0.490 e. The second kappa shape index (κ2) is 12.8. The summed E-state index contributed by atoms with van der Waals surface area (Å²) < 4.78 is 49.3. The fraction of sp³-hybridized carbons (Fsp3) is 0.462. The van der Waals surface area contributed by atoms with Crippen molar-refractivity contribution in [2.75, 3.05) is 39.5 Å². The third-order valence-corrected chi connectivity index (χ3v) is 6.33. The van der Waals surface area contributed by atoms with Crippen LogP contribution in [0.4, 0.5) is 13.2 Å². The maximum atomic E-state index is 10.8. The van der Waals surface area contributed by atoms with Gasteiger partial charge in [0.1, 0.15) is 18.1 Å². The van der Waals surface area contributed by atoms with Gasteiger partial charge in [-0.05, 0) is 37.6 Å². The fourth-order valence-corrected chi connectivity index (χ4v) is 4.30. The first-order valence-electron chi connectivity index (χ1n) is 11.9. The zero-order chi connectivity index (χ0) is 26.9. The number of nitrogens with zero attached hydrogens (tertiary/aromatic N) is 1. The molecule has 0 amide bonds. The normalized spacial score (nSPS) is 16.3. The summed E-state index contributed by atoms with van der Waals surface area (Å²) in [5.41, 5.74) is 2.46. The molecule has 1 fully saturated rings. The van der Waals surface area contributed by atoms with E-state index in [2.05, 4.69) is 11.0 Å². The molecule has 0 aromatic heterocycles. The van der Waals surface area contributed by atoms with Crippen LogP contribution < -0.4 is 9.47 Å². The van der Waals surface area contributed by atoms with Crippen LogP contribution in [-0.2, 0) is 26.3 Å². The Morgan fingerprint density at radius 2 is 1.70 bits per heavy atom. The number of aliphatic carboxylic acids is 2. The van der Waals surface area contributed by atoms with E-state index in [1.165, 1.54) is 5.56 Å². The van der Waals surface area contributed by atoms with Crippen LogP contribution in [0.2, 0.25) is 0 Å². The largest absolute Gasteiger partial charge is 0.492 e. The van der Waals surface area contributed by atoms with Crippen LogP contribution in [0.15, 0.2) is 48.5 Å². The molecule has 2 heterocycles. The Morgan fingerprint density at radius 3 is 2.32 bits per heavy atom. The Hall–Kier alpha value is -3.31. The number of carbonyl (C=O) groups is 2. The minimum Gasteiger partial charge on any atom is -0.492 e. The number of piperidine rings is 1. The van der Waals surface area contributed by atoms with Crippen molar-refractivity contribution < 1.29 is 47.2 Å². The number of ether oxygens (including phenoxy) is 3. The summed E-state index contributed by atoms with van der Waals surface area (Å²) in [5.74, 6) is -1.78. The molecule has 11 heteroatoms. The van der Waals surface area contributed by atoms with Gasteiger partial charge in [0.25, 0.3) is 0 Å². The topological polar surface area (TPSA) is 106 Å². The number of hydrogen-bond acceptors (Lipinski definition) is 6. The molecule has 2 aromatic rings. The highest BCUT2D eigenvalue weighted by atomic mass is 19.4. The van der Waals surface area contributed by atoms with Crippen LogP contribution in [0.5, 0.6) is 11.5 Å². The molecule has 1 saturated heterocycles. The fourth-order valence-electron chi connectivity index (χ4n) is 4.30. The van der Waals surface area contributed by atoms with Crippen LogP contribution >= 0.6 is 0 Å². The number of fused-ring (bicyclic) bond motifs is 2. The van der Waals surface area contributed by atoms with Gasteiger partial charge in [0, 0.05) is 23.6 Å². The first-order valence-corrected chi connectivity index (χ1v) is 11.9. The molecule has 2 aromatic carbocycles. The van der Waals surface area contributed by atoms with Crippen molar-refractivity contribution in [2.45, 2.75) is 37.5 Å². The van der Waals surface area contributed by atoms with Crippen LogP contribution in [0.1, 0.15) is 30.4 Å². The first-order chi connectivity index (χ1) is 17.6. The molecule has 0 radical (unpaired) electrons. The van der Waals surface area contributed by atoms with Gasteiger partial charge in [0.15, 0.2) is 0 Å². The van der Waals surface area contributed by atoms with E-state index in [4.69, 9.17) is 29.2 Å². The zero-order valence-electron chi connectivity index (χ0n) is 20.2. The molecule has 8 nitrogen and oxygen atoms in total. The third-order valence-electron chi connectivity index (χ3n) is 6.33. The van der Waals surface area contributed by atoms with E-state index >= 15 is 0 Å². The Balaban J connectivity index is 0.000000479. The number of alkyl halides is 3. The van der Waals surface area contributed by atoms with E-state index in [1.807, 2.05) is 42.5 Å². The number of halogens is 3. The minimum absolute atomic E-state index is 0.0480. The summed E-state index contributed by atoms with van der Waals surface area (Å²) in [6.45, 7) is 4.75. The highest BCUT2D eigenvalue weighted by Gasteiger charge is 2.43.